The average Bonchev–Trinajstić information content (AvgIpc) is 3.34. The molecule has 0 bridgehead atoms. The van der Waals surface area contributed by atoms with Gasteiger partial charge in [0.05, 0.1) is 42.5 Å². The molecule has 4 N–H and O–H groups in total. The molecule has 5 atom stereocenters. The van der Waals surface area contributed by atoms with Crippen molar-refractivity contribution in [1.82, 2.24) is 24.6 Å². The molecular weight excluding hydrogens is 527 g/mol. The minimum absolute atomic E-state index is 0.0120. The zero-order valence-corrected chi connectivity index (χ0v) is 23.5. The number of carbonyl (C=O) groups excluding carboxylic acids is 1. The molecule has 0 unspecified atom stereocenters. The first-order valence-electron chi connectivity index (χ1n) is 12.1. The average molecular weight is 563 g/mol. The molecule has 208 valence electrons. The van der Waals surface area contributed by atoms with Gasteiger partial charge in [-0.1, -0.05) is 27.7 Å². The lowest BCUT2D eigenvalue weighted by molar-refractivity contribution is -0.148. The van der Waals surface area contributed by atoms with Crippen LogP contribution in [0.25, 0.3) is 11.2 Å². The summed E-state index contributed by atoms with van der Waals surface area (Å²) in [5.41, 5.74) is 6.65. The molecule has 1 aliphatic rings. The van der Waals surface area contributed by atoms with Crippen LogP contribution in [0.3, 0.4) is 0 Å². The Balaban J connectivity index is 1.68. The summed E-state index contributed by atoms with van der Waals surface area (Å²) in [4.78, 5) is 34.0. The van der Waals surface area contributed by atoms with Crippen LogP contribution in [0.5, 0.6) is 5.88 Å². The van der Waals surface area contributed by atoms with Gasteiger partial charge in [-0.3, -0.25) is 13.9 Å². The maximum absolute atomic E-state index is 12.8. The molecule has 2 aromatic heterocycles. The summed E-state index contributed by atoms with van der Waals surface area (Å²) >= 11 is 6.80. The Hall–Kier alpha value is -2.02. The number of carbonyl (C=O) groups is 1. The molecule has 0 aliphatic carbocycles. The Morgan fingerprint density at radius 1 is 1.41 bits per heavy atom. The molecule has 0 spiro atoms. The van der Waals surface area contributed by atoms with Crippen LogP contribution >= 0.6 is 19.3 Å². The summed E-state index contributed by atoms with van der Waals surface area (Å²) in [6.07, 6.45) is 0.507. The molecule has 0 amide bonds. The number of nitrogen functional groups attached to an aromatic ring is 1. The Morgan fingerprint density at radius 3 is 2.73 bits per heavy atom. The first-order valence-corrected chi connectivity index (χ1v) is 14.1. The molecule has 15 heteroatoms. The second kappa shape index (κ2) is 11.8. The number of hydrogen-bond acceptors (Lipinski definition) is 10. The summed E-state index contributed by atoms with van der Waals surface area (Å²) in [5, 5.41) is 2.58. The molecule has 3 rings (SSSR count). The first kappa shape index (κ1) is 29.5. The second-order valence-electron chi connectivity index (χ2n) is 9.82. The predicted octanol–water partition coefficient (Wildman–Crippen LogP) is 3.02. The minimum atomic E-state index is -4.26. The van der Waals surface area contributed by atoms with E-state index in [0.29, 0.717) is 24.2 Å². The molecule has 13 nitrogen and oxygen atoms in total. The fourth-order valence-electron chi connectivity index (χ4n) is 3.84. The molecule has 1 fully saturated rings. The number of aromatic nitrogens is 4. The van der Waals surface area contributed by atoms with Crippen molar-refractivity contribution in [2.45, 2.75) is 71.2 Å². The summed E-state index contributed by atoms with van der Waals surface area (Å²) in [6, 6.07) is -0.587. The van der Waals surface area contributed by atoms with E-state index in [1.54, 1.807) is 25.3 Å². The van der Waals surface area contributed by atoms with Gasteiger partial charge in [0.2, 0.25) is 11.8 Å². The topological polar surface area (TPSA) is 173 Å². The van der Waals surface area contributed by atoms with E-state index in [0.717, 1.165) is 0 Å². The summed E-state index contributed by atoms with van der Waals surface area (Å²) in [6.45, 7) is 10.8. The highest BCUT2D eigenvalue weighted by Gasteiger charge is 2.46. The van der Waals surface area contributed by atoms with Crippen LogP contribution < -0.4 is 15.6 Å². The predicted molar refractivity (Wildman–Crippen MR) is 137 cm³/mol. The Bertz CT molecular complexity index is 1140. The number of fused-ring (bicyclic) bond motifs is 1. The molecule has 2 aromatic rings. The Kier molecular flexibility index (Phi) is 9.41. The van der Waals surface area contributed by atoms with Gasteiger partial charge in [-0.05, 0) is 26.2 Å². The number of ether oxygens (including phenoxy) is 3. The number of hydrogen-bond donors (Lipinski definition) is 3. The lowest BCUT2D eigenvalue weighted by Gasteiger charge is -2.25. The van der Waals surface area contributed by atoms with Gasteiger partial charge in [-0.2, -0.15) is 9.97 Å². The van der Waals surface area contributed by atoms with Gasteiger partial charge in [0.1, 0.15) is 6.61 Å². The molecule has 1 saturated heterocycles. The Morgan fingerprint density at radius 2 is 2.11 bits per heavy atom. The number of alkyl halides is 1. The third-order valence-corrected chi connectivity index (χ3v) is 7.35. The summed E-state index contributed by atoms with van der Waals surface area (Å²) < 4.78 is 36.6. The SMILES string of the molecule is CCOc1nc(N)nc2c1ncn2[C@@H]1O[C@H](CO[P@@](=O)(O)N[C@@H](COC(=O)C(C)C)C(C)C)C[C@@]1(C)Cl. The van der Waals surface area contributed by atoms with Crippen molar-refractivity contribution in [3.63, 3.8) is 0 Å². The van der Waals surface area contributed by atoms with E-state index in [1.807, 2.05) is 20.8 Å². The maximum Gasteiger partial charge on any atom is 0.403 e. The molecule has 1 aliphatic heterocycles. The number of esters is 1. The van der Waals surface area contributed by atoms with E-state index in [1.165, 1.54) is 6.33 Å². The van der Waals surface area contributed by atoms with Crippen LogP contribution in [0, 0.1) is 11.8 Å². The van der Waals surface area contributed by atoms with Crippen molar-refractivity contribution in [3.05, 3.63) is 6.33 Å². The number of nitrogens with zero attached hydrogens (tertiary/aromatic N) is 4. The zero-order chi connectivity index (χ0) is 27.5. The summed E-state index contributed by atoms with van der Waals surface area (Å²) in [7, 11) is -4.26. The second-order valence-corrected chi connectivity index (χ2v) is 12.2. The molecule has 0 aromatic carbocycles. The van der Waals surface area contributed by atoms with Crippen LogP contribution in [-0.4, -0.2) is 67.2 Å². The van der Waals surface area contributed by atoms with Gasteiger partial charge >= 0.3 is 13.7 Å². The smallest absolute Gasteiger partial charge is 0.403 e. The number of anilines is 1. The third kappa shape index (κ3) is 7.30. The monoisotopic (exact) mass is 562 g/mol. The van der Waals surface area contributed by atoms with Gasteiger partial charge in [0.15, 0.2) is 17.4 Å². The minimum Gasteiger partial charge on any atom is -0.476 e. The Labute approximate surface area is 221 Å². The normalized spacial score (nSPS) is 24.5. The maximum atomic E-state index is 12.8. The lowest BCUT2D eigenvalue weighted by atomic mass is 10.1. The van der Waals surface area contributed by atoms with Crippen molar-refractivity contribution in [1.29, 1.82) is 0 Å². The molecular formula is C22H36ClN6O7P. The van der Waals surface area contributed by atoms with Gasteiger partial charge < -0.3 is 24.8 Å². The zero-order valence-electron chi connectivity index (χ0n) is 21.9. The van der Waals surface area contributed by atoms with Crippen molar-refractivity contribution < 1.29 is 33.0 Å². The quantitative estimate of drug-likeness (QED) is 0.196. The van der Waals surface area contributed by atoms with Crippen LogP contribution in [0.1, 0.15) is 54.2 Å². The number of nitrogens with two attached hydrogens (primary N) is 1. The highest BCUT2D eigenvalue weighted by atomic mass is 35.5. The van der Waals surface area contributed by atoms with E-state index in [9.17, 15) is 14.3 Å². The summed E-state index contributed by atoms with van der Waals surface area (Å²) in [5.74, 6) is -0.529. The third-order valence-electron chi connectivity index (χ3n) is 5.85. The number of rotatable bonds is 12. The highest BCUT2D eigenvalue weighted by Crippen LogP contribution is 2.46. The highest BCUT2D eigenvalue weighted by molar-refractivity contribution is 7.50. The number of nitrogens with one attached hydrogen (secondary N) is 1. The van der Waals surface area contributed by atoms with E-state index in [2.05, 4.69) is 20.0 Å². The van der Waals surface area contributed by atoms with Gasteiger partial charge in [-0.25, -0.2) is 14.6 Å². The number of halogens is 1. The van der Waals surface area contributed by atoms with Crippen LogP contribution in [0.15, 0.2) is 6.33 Å². The number of imidazole rings is 1. The van der Waals surface area contributed by atoms with Crippen molar-refractivity contribution in [2.24, 2.45) is 11.8 Å². The van der Waals surface area contributed by atoms with Crippen LogP contribution in [-0.2, 0) is 23.4 Å². The van der Waals surface area contributed by atoms with Crippen LogP contribution in [0.2, 0.25) is 0 Å². The van der Waals surface area contributed by atoms with Crippen molar-refractivity contribution in [2.75, 3.05) is 25.6 Å². The fourth-order valence-corrected chi connectivity index (χ4v) is 5.40. The van der Waals surface area contributed by atoms with Crippen LogP contribution in [0.4, 0.5) is 5.95 Å². The molecule has 0 saturated carbocycles. The van der Waals surface area contributed by atoms with E-state index in [4.69, 9.17) is 36.1 Å². The molecule has 37 heavy (non-hydrogen) atoms. The van der Waals surface area contributed by atoms with Crippen molar-refractivity contribution in [3.8, 4) is 5.88 Å². The lowest BCUT2D eigenvalue weighted by Crippen LogP contribution is -2.38. The molecule has 0 radical (unpaired) electrons. The first-order chi connectivity index (χ1) is 17.2. The van der Waals surface area contributed by atoms with Gasteiger partial charge in [0.25, 0.3) is 0 Å². The van der Waals surface area contributed by atoms with E-state index >= 15 is 0 Å². The van der Waals surface area contributed by atoms with Gasteiger partial charge in [-0.15, -0.1) is 11.6 Å². The van der Waals surface area contributed by atoms with E-state index < -0.39 is 31.0 Å². The van der Waals surface area contributed by atoms with Gasteiger partial charge in [0, 0.05) is 0 Å². The fraction of sp³-hybridized carbons (Fsp3) is 0.727. The standard InChI is InChI=1S/C22H36ClN6O7P/c1-7-33-18-16-17(26-21(24)27-18)29(11-25-16)20-22(6,23)8-14(36-20)9-35-37(31,32)28-15(12(2)3)10-34-19(30)13(4)5/h11-15,20H,7-10H2,1-6H3,(H2,24,26,27)(H2,28,31,32)/t14-,15-,20+,22+/m0/s1. The van der Waals surface area contributed by atoms with E-state index in [-0.39, 0.29) is 42.8 Å². The van der Waals surface area contributed by atoms with Crippen molar-refractivity contribution >= 4 is 42.4 Å². The largest absolute Gasteiger partial charge is 0.476 e. The molecule has 3 heterocycles.